The highest BCUT2D eigenvalue weighted by molar-refractivity contribution is 5.95. The molecule has 8 nitrogen and oxygen atoms in total. The number of pyridine rings is 1. The van der Waals surface area contributed by atoms with Gasteiger partial charge >= 0.3 is 0 Å². The fourth-order valence-corrected chi connectivity index (χ4v) is 3.84. The van der Waals surface area contributed by atoms with Crippen molar-refractivity contribution in [2.24, 2.45) is 0 Å². The summed E-state index contributed by atoms with van der Waals surface area (Å²) in [4.78, 5) is 16.7. The zero-order valence-corrected chi connectivity index (χ0v) is 20.1. The van der Waals surface area contributed by atoms with Gasteiger partial charge in [0.1, 0.15) is 11.5 Å². The summed E-state index contributed by atoms with van der Waals surface area (Å²) in [5, 5.41) is 11.3. The van der Waals surface area contributed by atoms with Gasteiger partial charge < -0.3 is 15.8 Å². The third-order valence-electron chi connectivity index (χ3n) is 5.76. The summed E-state index contributed by atoms with van der Waals surface area (Å²) >= 11 is 0. The van der Waals surface area contributed by atoms with Crippen molar-refractivity contribution in [3.8, 4) is 22.6 Å². The van der Waals surface area contributed by atoms with Crippen molar-refractivity contribution in [3.63, 3.8) is 0 Å². The number of benzene rings is 3. The summed E-state index contributed by atoms with van der Waals surface area (Å²) in [6.45, 7) is 0.572. The number of hydrogen-bond donors (Lipinski definition) is 2. The maximum Gasteiger partial charge on any atom is 0.224 e. The Morgan fingerprint density at radius 1 is 0.919 bits per heavy atom. The molecule has 0 unspecified atom stereocenters. The van der Waals surface area contributed by atoms with E-state index in [1.165, 1.54) is 0 Å². The summed E-state index contributed by atoms with van der Waals surface area (Å²) < 4.78 is 7.60. The number of nitrogens with zero attached hydrogens (tertiary/aromatic N) is 4. The fourth-order valence-electron chi connectivity index (χ4n) is 3.84. The molecule has 0 saturated carbocycles. The minimum atomic E-state index is -0.140. The number of hydrogen-bond acceptors (Lipinski definition) is 6. The predicted octanol–water partition coefficient (Wildman–Crippen LogP) is 5.33. The molecule has 8 heteroatoms. The van der Waals surface area contributed by atoms with Gasteiger partial charge in [0.2, 0.25) is 5.91 Å². The molecule has 184 valence electrons. The van der Waals surface area contributed by atoms with E-state index in [0.717, 1.165) is 33.9 Å². The number of aryl methyl sites for hydroxylation is 1. The largest absolute Gasteiger partial charge is 0.457 e. The number of ether oxygens (including phenoxy) is 1. The van der Waals surface area contributed by atoms with Gasteiger partial charge in [-0.1, -0.05) is 47.7 Å². The van der Waals surface area contributed by atoms with Gasteiger partial charge in [0, 0.05) is 37.0 Å². The maximum atomic E-state index is 12.6. The molecule has 5 rings (SSSR count). The van der Waals surface area contributed by atoms with E-state index in [1.807, 2.05) is 85.1 Å². The number of anilines is 2. The number of nitrogens with two attached hydrogens (primary N) is 1. The van der Waals surface area contributed by atoms with E-state index in [9.17, 15) is 4.79 Å². The second-order valence-corrected chi connectivity index (χ2v) is 8.56. The van der Waals surface area contributed by atoms with Crippen molar-refractivity contribution < 1.29 is 9.53 Å². The minimum Gasteiger partial charge on any atom is -0.457 e. The molecule has 0 saturated heterocycles. The molecule has 3 N–H and O–H groups in total. The van der Waals surface area contributed by atoms with E-state index in [2.05, 4.69) is 20.6 Å². The Labute approximate surface area is 214 Å². The Kier molecular flexibility index (Phi) is 7.17. The summed E-state index contributed by atoms with van der Waals surface area (Å²) in [6, 6.07) is 26.9. The molecular weight excluding hydrogens is 464 g/mol. The van der Waals surface area contributed by atoms with Gasteiger partial charge in [-0.05, 0) is 53.6 Å². The van der Waals surface area contributed by atoms with Crippen LogP contribution in [-0.2, 0) is 17.8 Å². The first-order valence-corrected chi connectivity index (χ1v) is 11.9. The molecular formula is C29H26N6O2. The molecule has 5 aromatic rings. The number of nitrogen functional groups attached to an aromatic ring is 1. The van der Waals surface area contributed by atoms with Crippen LogP contribution in [0.15, 0.2) is 104 Å². The number of carbonyl (C=O) groups is 1. The molecule has 2 aromatic heterocycles. The van der Waals surface area contributed by atoms with Crippen molar-refractivity contribution in [3.05, 3.63) is 115 Å². The van der Waals surface area contributed by atoms with Crippen LogP contribution in [0.2, 0.25) is 0 Å². The van der Waals surface area contributed by atoms with E-state index in [0.29, 0.717) is 24.3 Å². The van der Waals surface area contributed by atoms with E-state index < -0.39 is 0 Å². The standard InChI is InChI=1S/C29H26N6O2/c30-27-14-10-22(23-5-4-16-31-18-23)17-28(27)32-29(36)15-11-24-20-35(34-33-24)19-21-8-12-26(13-9-21)37-25-6-2-1-3-7-25/h1-10,12-14,16-18,20H,11,15,19,30H2,(H,32,36). The molecule has 0 spiro atoms. The zero-order chi connectivity index (χ0) is 25.5. The van der Waals surface area contributed by atoms with Gasteiger partial charge in [-0.2, -0.15) is 0 Å². The van der Waals surface area contributed by atoms with Crippen molar-refractivity contribution in [2.75, 3.05) is 11.1 Å². The van der Waals surface area contributed by atoms with Crippen LogP contribution in [0.5, 0.6) is 11.5 Å². The van der Waals surface area contributed by atoms with Crippen molar-refractivity contribution >= 4 is 17.3 Å². The van der Waals surface area contributed by atoms with E-state index >= 15 is 0 Å². The van der Waals surface area contributed by atoms with Crippen molar-refractivity contribution in [1.82, 2.24) is 20.0 Å². The van der Waals surface area contributed by atoms with Crippen LogP contribution in [-0.4, -0.2) is 25.9 Å². The summed E-state index contributed by atoms with van der Waals surface area (Å²) in [5.74, 6) is 1.43. The first kappa shape index (κ1) is 23.7. The Hall–Kier alpha value is -4.98. The third-order valence-corrected chi connectivity index (χ3v) is 5.76. The van der Waals surface area contributed by atoms with Gasteiger partial charge in [0.15, 0.2) is 0 Å². The van der Waals surface area contributed by atoms with Gasteiger partial charge in [-0.15, -0.1) is 5.10 Å². The highest BCUT2D eigenvalue weighted by Gasteiger charge is 2.10. The molecule has 37 heavy (non-hydrogen) atoms. The first-order valence-electron chi connectivity index (χ1n) is 11.9. The lowest BCUT2D eigenvalue weighted by molar-refractivity contribution is -0.116. The lowest BCUT2D eigenvalue weighted by Gasteiger charge is -2.10. The number of nitrogens with one attached hydrogen (secondary N) is 1. The van der Waals surface area contributed by atoms with Crippen LogP contribution in [0, 0.1) is 0 Å². The monoisotopic (exact) mass is 490 g/mol. The SMILES string of the molecule is Nc1ccc(-c2cccnc2)cc1NC(=O)CCc1cn(Cc2ccc(Oc3ccccc3)cc2)nn1. The number of carbonyl (C=O) groups excluding carboxylic acids is 1. The van der Waals surface area contributed by atoms with E-state index in [4.69, 9.17) is 10.5 Å². The Balaban J connectivity index is 1.13. The van der Waals surface area contributed by atoms with Crippen LogP contribution in [0.4, 0.5) is 11.4 Å². The molecule has 3 aromatic carbocycles. The van der Waals surface area contributed by atoms with Gasteiger partial charge in [0.05, 0.1) is 23.6 Å². The quantitative estimate of drug-likeness (QED) is 0.270. The predicted molar refractivity (Wildman–Crippen MR) is 143 cm³/mol. The van der Waals surface area contributed by atoms with E-state index in [-0.39, 0.29) is 12.3 Å². The van der Waals surface area contributed by atoms with Crippen LogP contribution >= 0.6 is 0 Å². The normalized spacial score (nSPS) is 10.7. The summed E-state index contributed by atoms with van der Waals surface area (Å²) in [6.07, 6.45) is 6.09. The summed E-state index contributed by atoms with van der Waals surface area (Å²) in [5.41, 5.74) is 10.9. The first-order chi connectivity index (χ1) is 18.1. The minimum absolute atomic E-state index is 0.140. The Bertz CT molecular complexity index is 1470. The molecule has 0 radical (unpaired) electrons. The Morgan fingerprint density at radius 3 is 2.51 bits per heavy atom. The molecule has 0 aliphatic rings. The molecule has 0 aliphatic carbocycles. The van der Waals surface area contributed by atoms with Crippen molar-refractivity contribution in [1.29, 1.82) is 0 Å². The second-order valence-electron chi connectivity index (χ2n) is 8.56. The number of aromatic nitrogens is 4. The number of rotatable bonds is 9. The van der Waals surface area contributed by atoms with Crippen LogP contribution in [0.1, 0.15) is 17.7 Å². The zero-order valence-electron chi connectivity index (χ0n) is 20.1. The maximum absolute atomic E-state index is 12.6. The van der Waals surface area contributed by atoms with Crippen LogP contribution in [0.25, 0.3) is 11.1 Å². The molecule has 0 bridgehead atoms. The lowest BCUT2D eigenvalue weighted by Crippen LogP contribution is -2.13. The van der Waals surface area contributed by atoms with Crippen LogP contribution < -0.4 is 15.8 Å². The van der Waals surface area contributed by atoms with Crippen molar-refractivity contribution in [2.45, 2.75) is 19.4 Å². The molecule has 0 fully saturated rings. The highest BCUT2D eigenvalue weighted by Crippen LogP contribution is 2.27. The number of amides is 1. The van der Waals surface area contributed by atoms with Crippen LogP contribution in [0.3, 0.4) is 0 Å². The lowest BCUT2D eigenvalue weighted by atomic mass is 10.1. The highest BCUT2D eigenvalue weighted by atomic mass is 16.5. The molecule has 2 heterocycles. The average Bonchev–Trinajstić information content (AvgIpc) is 3.38. The molecule has 0 aliphatic heterocycles. The fraction of sp³-hybridized carbons (Fsp3) is 0.103. The van der Waals surface area contributed by atoms with Gasteiger partial charge in [-0.25, -0.2) is 4.68 Å². The smallest absolute Gasteiger partial charge is 0.224 e. The Morgan fingerprint density at radius 2 is 1.73 bits per heavy atom. The second kappa shape index (κ2) is 11.2. The summed E-state index contributed by atoms with van der Waals surface area (Å²) in [7, 11) is 0. The molecule has 0 atom stereocenters. The average molecular weight is 491 g/mol. The topological polar surface area (TPSA) is 108 Å². The van der Waals surface area contributed by atoms with E-state index in [1.54, 1.807) is 23.1 Å². The van der Waals surface area contributed by atoms with Gasteiger partial charge in [-0.3, -0.25) is 9.78 Å². The van der Waals surface area contributed by atoms with Gasteiger partial charge in [0.25, 0.3) is 0 Å². The number of para-hydroxylation sites is 1. The third kappa shape index (κ3) is 6.37. The molecule has 1 amide bonds.